The molecule has 0 aliphatic carbocycles. The maximum Gasteiger partial charge on any atom is 0.270 e. The van der Waals surface area contributed by atoms with Gasteiger partial charge in [0.05, 0.1) is 9.85 Å². The third-order valence-corrected chi connectivity index (χ3v) is 4.27. The van der Waals surface area contributed by atoms with Gasteiger partial charge in [-0.15, -0.1) is 0 Å². The van der Waals surface area contributed by atoms with E-state index >= 15 is 0 Å². The number of non-ortho nitro benzene ring substituents is 2. The summed E-state index contributed by atoms with van der Waals surface area (Å²) in [5.41, 5.74) is 2.34. The van der Waals surface area contributed by atoms with Crippen molar-refractivity contribution < 1.29 is 9.85 Å². The molecule has 0 aliphatic rings. The van der Waals surface area contributed by atoms with Crippen LogP contribution in [0, 0.1) is 20.2 Å². The van der Waals surface area contributed by atoms with E-state index < -0.39 is 9.85 Å². The zero-order valence-electron chi connectivity index (χ0n) is 14.9. The molecule has 0 atom stereocenters. The molecular formula is C20H13N5O4. The van der Waals surface area contributed by atoms with Crippen molar-refractivity contribution in [3.05, 3.63) is 98.7 Å². The number of fused-ring (bicyclic) bond motifs is 1. The number of pyridine rings is 1. The van der Waals surface area contributed by atoms with Gasteiger partial charge in [0.2, 0.25) is 0 Å². The van der Waals surface area contributed by atoms with Gasteiger partial charge in [0.1, 0.15) is 11.3 Å². The summed E-state index contributed by atoms with van der Waals surface area (Å²) in [7, 11) is 0. The summed E-state index contributed by atoms with van der Waals surface area (Å²) < 4.78 is 1.77. The minimum atomic E-state index is -0.466. The highest BCUT2D eigenvalue weighted by Gasteiger charge is 2.16. The smallest absolute Gasteiger partial charge is 0.270 e. The Balaban J connectivity index is 1.81. The lowest BCUT2D eigenvalue weighted by Crippen LogP contribution is -1.89. The first kappa shape index (κ1) is 18.0. The van der Waals surface area contributed by atoms with Crippen LogP contribution in [0.1, 0.15) is 5.56 Å². The average Bonchev–Trinajstić information content (AvgIpc) is 3.11. The van der Waals surface area contributed by atoms with E-state index in [0.29, 0.717) is 28.3 Å². The van der Waals surface area contributed by atoms with Crippen molar-refractivity contribution >= 4 is 29.1 Å². The SMILES string of the molecule is O=[N+]([O-])c1ccc(C=Nc2c(-c3cccc([N+](=O)[O-])c3)nc3ccccn23)cc1. The van der Waals surface area contributed by atoms with Crippen LogP contribution in [0.25, 0.3) is 16.9 Å². The summed E-state index contributed by atoms with van der Waals surface area (Å²) in [6.07, 6.45) is 3.37. The standard InChI is InChI=1S/C20H13N5O4/c26-24(27)16-9-7-14(8-10-16)13-21-20-19(22-18-6-1-2-11-23(18)20)15-4-3-5-17(12-15)25(28)29/h1-13H. The van der Waals surface area contributed by atoms with E-state index in [9.17, 15) is 20.2 Å². The topological polar surface area (TPSA) is 116 Å². The van der Waals surface area contributed by atoms with Crippen molar-refractivity contribution in [1.29, 1.82) is 0 Å². The molecule has 29 heavy (non-hydrogen) atoms. The molecule has 2 aromatic heterocycles. The van der Waals surface area contributed by atoms with Crippen LogP contribution in [0.15, 0.2) is 77.9 Å². The normalized spacial score (nSPS) is 11.2. The minimum Gasteiger partial charge on any atom is -0.284 e. The van der Waals surface area contributed by atoms with Crippen molar-refractivity contribution in [2.24, 2.45) is 4.99 Å². The third-order valence-electron chi connectivity index (χ3n) is 4.27. The number of aliphatic imine (C=N–C) groups is 1. The first-order chi connectivity index (χ1) is 14.0. The molecule has 2 aromatic carbocycles. The van der Waals surface area contributed by atoms with E-state index in [2.05, 4.69) is 9.98 Å². The maximum absolute atomic E-state index is 11.1. The fraction of sp³-hybridized carbons (Fsp3) is 0. The second-order valence-electron chi connectivity index (χ2n) is 6.13. The highest BCUT2D eigenvalue weighted by molar-refractivity contribution is 5.85. The Hall–Kier alpha value is -4.40. The average molecular weight is 387 g/mol. The first-order valence-electron chi connectivity index (χ1n) is 8.53. The molecule has 9 heteroatoms. The monoisotopic (exact) mass is 387 g/mol. The molecule has 0 unspecified atom stereocenters. The van der Waals surface area contributed by atoms with Gasteiger partial charge in [-0.3, -0.25) is 24.6 Å². The lowest BCUT2D eigenvalue weighted by Gasteiger charge is -2.01. The number of hydrogen-bond donors (Lipinski definition) is 0. The highest BCUT2D eigenvalue weighted by Crippen LogP contribution is 2.32. The Kier molecular flexibility index (Phi) is 4.54. The number of nitrogens with zero attached hydrogens (tertiary/aromatic N) is 5. The van der Waals surface area contributed by atoms with Crippen molar-refractivity contribution in [1.82, 2.24) is 9.38 Å². The zero-order chi connectivity index (χ0) is 20.4. The molecule has 0 spiro atoms. The van der Waals surface area contributed by atoms with Crippen LogP contribution in [0.4, 0.5) is 17.2 Å². The third kappa shape index (κ3) is 3.56. The van der Waals surface area contributed by atoms with Crippen LogP contribution < -0.4 is 0 Å². The van der Waals surface area contributed by atoms with Crippen LogP contribution in [-0.2, 0) is 0 Å². The molecule has 0 saturated carbocycles. The van der Waals surface area contributed by atoms with E-state index in [4.69, 9.17) is 0 Å². The summed E-state index contributed by atoms with van der Waals surface area (Å²) in [4.78, 5) is 30.1. The van der Waals surface area contributed by atoms with Crippen molar-refractivity contribution in [2.75, 3.05) is 0 Å². The Morgan fingerprint density at radius 2 is 1.66 bits per heavy atom. The predicted octanol–water partition coefficient (Wildman–Crippen LogP) is 4.57. The molecule has 0 amide bonds. The molecule has 0 bridgehead atoms. The van der Waals surface area contributed by atoms with Crippen LogP contribution in [-0.4, -0.2) is 25.4 Å². The molecule has 0 radical (unpaired) electrons. The van der Waals surface area contributed by atoms with Crippen molar-refractivity contribution in [3.63, 3.8) is 0 Å². The molecule has 0 fully saturated rings. The van der Waals surface area contributed by atoms with E-state index in [1.54, 1.807) is 41.1 Å². The number of benzene rings is 2. The number of rotatable bonds is 5. The van der Waals surface area contributed by atoms with Gasteiger partial charge in [-0.2, -0.15) is 0 Å². The summed E-state index contributed by atoms with van der Waals surface area (Å²) in [6, 6.07) is 17.7. The van der Waals surface area contributed by atoms with Gasteiger partial charge < -0.3 is 0 Å². The fourth-order valence-corrected chi connectivity index (χ4v) is 2.88. The summed E-state index contributed by atoms with van der Waals surface area (Å²) >= 11 is 0. The highest BCUT2D eigenvalue weighted by atomic mass is 16.6. The largest absolute Gasteiger partial charge is 0.284 e. The van der Waals surface area contributed by atoms with E-state index in [1.807, 2.05) is 18.2 Å². The second kappa shape index (κ2) is 7.31. The lowest BCUT2D eigenvalue weighted by molar-refractivity contribution is -0.385. The Labute approximate surface area is 163 Å². The van der Waals surface area contributed by atoms with Crippen molar-refractivity contribution in [2.45, 2.75) is 0 Å². The number of hydrogen-bond acceptors (Lipinski definition) is 6. The van der Waals surface area contributed by atoms with Crippen LogP contribution in [0.3, 0.4) is 0 Å². The van der Waals surface area contributed by atoms with Gasteiger partial charge in [0.25, 0.3) is 11.4 Å². The van der Waals surface area contributed by atoms with Crippen LogP contribution in [0.5, 0.6) is 0 Å². The van der Waals surface area contributed by atoms with Gasteiger partial charge in [-0.05, 0) is 29.8 Å². The fourth-order valence-electron chi connectivity index (χ4n) is 2.88. The Morgan fingerprint density at radius 1 is 0.897 bits per heavy atom. The van der Waals surface area contributed by atoms with Gasteiger partial charge in [0, 0.05) is 42.2 Å². The Morgan fingerprint density at radius 3 is 2.38 bits per heavy atom. The predicted molar refractivity (Wildman–Crippen MR) is 108 cm³/mol. The van der Waals surface area contributed by atoms with E-state index in [1.165, 1.54) is 24.3 Å². The summed E-state index contributed by atoms with van der Waals surface area (Å²) in [5.74, 6) is 0.499. The zero-order valence-corrected chi connectivity index (χ0v) is 14.9. The maximum atomic E-state index is 11.1. The molecular weight excluding hydrogens is 374 g/mol. The second-order valence-corrected chi connectivity index (χ2v) is 6.13. The summed E-state index contributed by atoms with van der Waals surface area (Å²) in [5, 5.41) is 21.9. The van der Waals surface area contributed by atoms with E-state index in [-0.39, 0.29) is 11.4 Å². The molecule has 9 nitrogen and oxygen atoms in total. The van der Waals surface area contributed by atoms with Crippen molar-refractivity contribution in [3.8, 4) is 11.3 Å². The number of aromatic nitrogens is 2. The Bertz CT molecular complexity index is 1260. The number of nitro benzene ring substituents is 2. The molecule has 4 aromatic rings. The van der Waals surface area contributed by atoms with Gasteiger partial charge in [-0.1, -0.05) is 18.2 Å². The first-order valence-corrected chi connectivity index (χ1v) is 8.53. The molecule has 2 heterocycles. The van der Waals surface area contributed by atoms with Gasteiger partial charge in [-0.25, -0.2) is 9.98 Å². The molecule has 0 aliphatic heterocycles. The number of nitro groups is 2. The van der Waals surface area contributed by atoms with E-state index in [0.717, 1.165) is 0 Å². The van der Waals surface area contributed by atoms with Gasteiger partial charge >= 0.3 is 0 Å². The number of imidazole rings is 1. The molecule has 4 rings (SSSR count). The molecule has 142 valence electrons. The quantitative estimate of drug-likeness (QED) is 0.282. The van der Waals surface area contributed by atoms with Crippen LogP contribution >= 0.6 is 0 Å². The summed E-state index contributed by atoms with van der Waals surface area (Å²) in [6.45, 7) is 0. The minimum absolute atomic E-state index is 0.00534. The lowest BCUT2D eigenvalue weighted by atomic mass is 10.1. The van der Waals surface area contributed by atoms with Crippen LogP contribution in [0.2, 0.25) is 0 Å². The van der Waals surface area contributed by atoms with Gasteiger partial charge in [0.15, 0.2) is 5.82 Å². The molecule has 0 saturated heterocycles. The molecule has 0 N–H and O–H groups in total.